The molecule has 0 unspecified atom stereocenters. The summed E-state index contributed by atoms with van der Waals surface area (Å²) in [6.07, 6.45) is 5.60. The van der Waals surface area contributed by atoms with E-state index >= 15 is 0 Å². The number of nitrogens with zero attached hydrogens (tertiary/aromatic N) is 1. The first-order valence-corrected chi connectivity index (χ1v) is 10.9. The van der Waals surface area contributed by atoms with Crippen LogP contribution in [0.1, 0.15) is 6.42 Å². The van der Waals surface area contributed by atoms with Crippen LogP contribution in [0.25, 0.3) is 0 Å². The van der Waals surface area contributed by atoms with Gasteiger partial charge in [0.05, 0.1) is 17.5 Å². The van der Waals surface area contributed by atoms with Crippen LogP contribution in [0.15, 0.2) is 70.5 Å². The summed E-state index contributed by atoms with van der Waals surface area (Å²) in [6.45, 7) is 0. The van der Waals surface area contributed by atoms with Crippen LogP contribution in [-0.2, 0) is 9.59 Å². The molecule has 2 aromatic rings. The fourth-order valence-electron chi connectivity index (χ4n) is 5.51. The maximum atomic E-state index is 13.2. The molecular formula is C23H18ClNO2S. The van der Waals surface area contributed by atoms with Gasteiger partial charge in [-0.25, -0.2) is 0 Å². The number of anilines is 1. The second-order valence-corrected chi connectivity index (χ2v) is 9.80. The van der Waals surface area contributed by atoms with Gasteiger partial charge in [-0.1, -0.05) is 35.5 Å². The molecule has 7 rings (SSSR count). The number of benzene rings is 2. The summed E-state index contributed by atoms with van der Waals surface area (Å²) in [5.41, 5.74) is 0.693. The zero-order valence-corrected chi connectivity index (χ0v) is 16.6. The number of hydrogen-bond donors (Lipinski definition) is 0. The van der Waals surface area contributed by atoms with E-state index in [1.165, 1.54) is 11.3 Å². The molecule has 28 heavy (non-hydrogen) atoms. The van der Waals surface area contributed by atoms with Crippen LogP contribution in [0.4, 0.5) is 5.69 Å². The number of hydrogen-bond acceptors (Lipinski definition) is 3. The topological polar surface area (TPSA) is 37.4 Å². The van der Waals surface area contributed by atoms with Crippen LogP contribution >= 0.6 is 23.4 Å². The highest BCUT2D eigenvalue weighted by Crippen LogP contribution is 2.65. The van der Waals surface area contributed by atoms with Gasteiger partial charge in [-0.05, 0) is 78.6 Å². The third kappa shape index (κ3) is 2.37. The highest BCUT2D eigenvalue weighted by Gasteiger charge is 2.67. The summed E-state index contributed by atoms with van der Waals surface area (Å²) in [5, 5.41) is 0.716. The fraction of sp³-hybridized carbons (Fsp3) is 0.304. The largest absolute Gasteiger partial charge is 0.274 e. The molecule has 5 aliphatic rings. The standard InChI is InChI=1S/C23H18ClNO2S/c24-12-1-5-14(6-2-12)28-15-7-3-13(4-8-15)25-22(26)20-16-9-10-17(19-11-18(16)19)21(20)23(25)27/h1-10,16-21H,11H2/t16-,17-,18-,19-,20+,21+/m0/s1. The molecule has 5 heteroatoms. The van der Waals surface area contributed by atoms with Gasteiger partial charge in [0, 0.05) is 14.8 Å². The van der Waals surface area contributed by atoms with Gasteiger partial charge in [0.15, 0.2) is 0 Å². The number of halogens is 1. The Balaban J connectivity index is 1.26. The summed E-state index contributed by atoms with van der Waals surface area (Å²) >= 11 is 7.57. The molecule has 3 nitrogen and oxygen atoms in total. The number of carbonyl (C=O) groups is 2. The molecule has 0 N–H and O–H groups in total. The Morgan fingerprint density at radius 3 is 1.82 bits per heavy atom. The van der Waals surface area contributed by atoms with Gasteiger partial charge >= 0.3 is 0 Å². The van der Waals surface area contributed by atoms with E-state index in [1.807, 2.05) is 48.5 Å². The highest BCUT2D eigenvalue weighted by molar-refractivity contribution is 7.99. The molecule has 3 fully saturated rings. The van der Waals surface area contributed by atoms with Gasteiger partial charge in [0.25, 0.3) is 0 Å². The number of carbonyl (C=O) groups excluding carboxylic acids is 2. The Labute approximate surface area is 172 Å². The van der Waals surface area contributed by atoms with Crippen molar-refractivity contribution in [2.45, 2.75) is 16.2 Å². The summed E-state index contributed by atoms with van der Waals surface area (Å²) < 4.78 is 0. The molecule has 1 heterocycles. The molecule has 140 valence electrons. The zero-order chi connectivity index (χ0) is 19.0. The van der Waals surface area contributed by atoms with Crippen LogP contribution in [0, 0.1) is 35.5 Å². The zero-order valence-electron chi connectivity index (χ0n) is 15.0. The maximum Gasteiger partial charge on any atom is 0.238 e. The molecule has 2 amide bonds. The summed E-state index contributed by atoms with van der Waals surface area (Å²) in [5.74, 6) is 1.50. The summed E-state index contributed by atoms with van der Waals surface area (Å²) in [4.78, 5) is 29.9. The predicted octanol–water partition coefficient (Wildman–Crippen LogP) is 5.05. The second-order valence-electron chi connectivity index (χ2n) is 8.22. The third-order valence-electron chi connectivity index (χ3n) is 6.81. The van der Waals surface area contributed by atoms with Crippen LogP contribution < -0.4 is 4.90 Å². The minimum absolute atomic E-state index is 0.00203. The Bertz CT molecular complexity index is 980. The fourth-order valence-corrected chi connectivity index (χ4v) is 6.46. The first-order chi connectivity index (χ1) is 13.6. The molecule has 0 spiro atoms. The molecular weight excluding hydrogens is 390 g/mol. The first-order valence-electron chi connectivity index (χ1n) is 9.71. The lowest BCUT2D eigenvalue weighted by Crippen LogP contribution is -2.40. The predicted molar refractivity (Wildman–Crippen MR) is 109 cm³/mol. The van der Waals surface area contributed by atoms with Crippen molar-refractivity contribution >= 4 is 40.9 Å². The van der Waals surface area contributed by atoms with Gasteiger partial charge in [-0.2, -0.15) is 0 Å². The molecule has 1 aliphatic heterocycles. The maximum absolute atomic E-state index is 13.2. The molecule has 6 atom stereocenters. The van der Waals surface area contributed by atoms with Crippen molar-refractivity contribution in [1.82, 2.24) is 0 Å². The number of allylic oxidation sites excluding steroid dienone is 2. The van der Waals surface area contributed by atoms with Crippen LogP contribution in [0.2, 0.25) is 5.02 Å². The number of amides is 2. The van der Waals surface area contributed by atoms with Crippen molar-refractivity contribution in [3.8, 4) is 0 Å². The lowest BCUT2D eigenvalue weighted by molar-refractivity contribution is -0.124. The van der Waals surface area contributed by atoms with Crippen molar-refractivity contribution in [2.24, 2.45) is 35.5 Å². The molecule has 2 bridgehead atoms. The summed E-state index contributed by atoms with van der Waals surface area (Å²) in [7, 11) is 0. The van der Waals surface area contributed by atoms with E-state index in [2.05, 4.69) is 12.2 Å². The van der Waals surface area contributed by atoms with Crippen molar-refractivity contribution in [2.75, 3.05) is 4.90 Å². The van der Waals surface area contributed by atoms with E-state index in [1.54, 1.807) is 11.8 Å². The van der Waals surface area contributed by atoms with E-state index in [0.717, 1.165) is 9.79 Å². The number of rotatable bonds is 3. The second kappa shape index (κ2) is 5.98. The lowest BCUT2D eigenvalue weighted by atomic mass is 9.63. The minimum atomic E-state index is -0.144. The summed E-state index contributed by atoms with van der Waals surface area (Å²) in [6, 6.07) is 15.4. The Morgan fingerprint density at radius 1 is 0.786 bits per heavy atom. The van der Waals surface area contributed by atoms with Gasteiger partial charge in [-0.3, -0.25) is 14.5 Å². The molecule has 0 aromatic heterocycles. The number of imide groups is 1. The third-order valence-corrected chi connectivity index (χ3v) is 8.07. The van der Waals surface area contributed by atoms with E-state index in [-0.39, 0.29) is 35.5 Å². The molecule has 2 saturated carbocycles. The average Bonchev–Trinajstić information content (AvgIpc) is 3.49. The van der Waals surface area contributed by atoms with E-state index in [4.69, 9.17) is 11.6 Å². The van der Waals surface area contributed by atoms with E-state index < -0.39 is 0 Å². The van der Waals surface area contributed by atoms with Gasteiger partial charge < -0.3 is 0 Å². The van der Waals surface area contributed by atoms with Crippen LogP contribution in [0.5, 0.6) is 0 Å². The Morgan fingerprint density at radius 2 is 1.29 bits per heavy atom. The molecule has 4 aliphatic carbocycles. The monoisotopic (exact) mass is 407 g/mol. The van der Waals surface area contributed by atoms with Gasteiger partial charge in [-0.15, -0.1) is 0 Å². The first kappa shape index (κ1) is 16.9. The Hall–Kier alpha value is -2.04. The van der Waals surface area contributed by atoms with E-state index in [9.17, 15) is 9.59 Å². The minimum Gasteiger partial charge on any atom is -0.274 e. The molecule has 2 aromatic carbocycles. The Kier molecular flexibility index (Phi) is 3.60. The van der Waals surface area contributed by atoms with Crippen molar-refractivity contribution < 1.29 is 9.59 Å². The van der Waals surface area contributed by atoms with Gasteiger partial charge in [0.2, 0.25) is 11.8 Å². The normalized spacial score (nSPS) is 34.5. The molecule has 0 radical (unpaired) electrons. The van der Waals surface area contributed by atoms with Crippen molar-refractivity contribution in [3.63, 3.8) is 0 Å². The smallest absolute Gasteiger partial charge is 0.238 e. The SMILES string of the molecule is O=C1[C@@H]2[C@H]3C=C[C@@H]([C@@H]4C[C@@H]34)[C@H]2C(=O)N1c1ccc(Sc2ccc(Cl)cc2)cc1. The lowest BCUT2D eigenvalue weighted by Gasteiger charge is -2.37. The van der Waals surface area contributed by atoms with Crippen molar-refractivity contribution in [3.05, 3.63) is 65.7 Å². The van der Waals surface area contributed by atoms with Crippen LogP contribution in [-0.4, -0.2) is 11.8 Å². The van der Waals surface area contributed by atoms with Gasteiger partial charge in [0.1, 0.15) is 0 Å². The highest BCUT2D eigenvalue weighted by atomic mass is 35.5. The van der Waals surface area contributed by atoms with Crippen LogP contribution in [0.3, 0.4) is 0 Å². The van der Waals surface area contributed by atoms with E-state index in [0.29, 0.717) is 22.5 Å². The quantitative estimate of drug-likeness (QED) is 0.527. The van der Waals surface area contributed by atoms with Crippen molar-refractivity contribution in [1.29, 1.82) is 0 Å². The average molecular weight is 408 g/mol. The molecule has 1 saturated heterocycles.